The number of ether oxygens (including phenoxy) is 12. The summed E-state index contributed by atoms with van der Waals surface area (Å²) in [6, 6.07) is -0.623. The van der Waals surface area contributed by atoms with Gasteiger partial charge in [0.15, 0.2) is 69.8 Å². The number of hydrogen-bond acceptors (Lipinski definition) is 25. The van der Waals surface area contributed by atoms with Crippen LogP contribution in [0.25, 0.3) is 41.8 Å². The number of Topliss-reactive ketones (excluding diaryl/α,β-unsaturated/α-hetero) is 4. The number of hydrogen-bond donors (Lipinski definition) is 5. The number of unbranched alkanes of at least 4 members (excludes halogenated alkanes) is 2. The maximum atomic E-state index is 14.2. The molecule has 0 bridgehead atoms. The molecule has 37 nitrogen and oxygen atoms in total. The van der Waals surface area contributed by atoms with Crippen LogP contribution >= 0.6 is 0 Å². The summed E-state index contributed by atoms with van der Waals surface area (Å²) in [6.45, 7) is 10.3. The monoisotopic (exact) mass is 1830 g/mol. The van der Waals surface area contributed by atoms with Gasteiger partial charge < -0.3 is 83.8 Å². The van der Waals surface area contributed by atoms with Gasteiger partial charge in [-0.25, -0.2) is 65.9 Å². The molecule has 0 aromatic heterocycles. The predicted molar refractivity (Wildman–Crippen MR) is 410 cm³/mol. The van der Waals surface area contributed by atoms with E-state index < -0.39 is 188 Å². The van der Waals surface area contributed by atoms with Crippen molar-refractivity contribution < 1.29 is 161 Å². The molecule has 0 aliphatic heterocycles. The number of nitrogens with two attached hydrogens (primary N) is 1. The Labute approximate surface area is 711 Å². The fourth-order valence-corrected chi connectivity index (χ4v) is 9.86. The molecule has 3 aromatic carbocycles. The number of nitrogens with zero attached hydrogens (tertiary/aromatic N) is 12. The molecule has 0 saturated heterocycles. The van der Waals surface area contributed by atoms with Crippen LogP contribution in [0.1, 0.15) is 75.5 Å². The molecule has 0 radical (unpaired) electrons. The molecule has 0 heterocycles. The zero-order chi connectivity index (χ0) is 94.0. The number of ketones is 4. The standard InChI is InChI=1S/C34H49F5N8O10.C22H43N9O8.C18H8F10O2/c1-23(27(49)21-25-29(35)31(37)33(39)32(38)30(25)36)26(48)20-24(34(51)43-6-9-52-12-15-55-16-13-53-10-7-44-46-40)4-2-3-5-42-28(50)22-57-19-18-56-17-14-54-11-8-45-47-41;23-20(22(33)27-5-8-34-11-14-37-15-12-35-9-6-28-30-24)3-1-2-4-26-21(32)19-39-18-17-38-16-13-36-10-7-29-31-25;1-4(7(29)2-5-9(19)13(23)17(27)14(24)10(5)20)8(30)3-6-11(21)15(25)18(28)16(26)12(6)22/h23-24H,2-22H2,1H3,(H,42,50)(H,43,51);20H,1-19,23H2,(H,26,32)(H,27,33);4H,2-3H2,1H3. The number of nitrogens with one attached hydrogen (secondary N) is 4. The Balaban J connectivity index is 0.000000999. The van der Waals surface area contributed by atoms with E-state index in [2.05, 4.69) is 61.4 Å². The Kier molecular flexibility index (Phi) is 63.3. The van der Waals surface area contributed by atoms with E-state index in [1.807, 2.05) is 0 Å². The zero-order valence-electron chi connectivity index (χ0n) is 68.8. The van der Waals surface area contributed by atoms with E-state index in [9.17, 15) is 104 Å². The summed E-state index contributed by atoms with van der Waals surface area (Å²) in [4.78, 5) is 109. The second kappa shape index (κ2) is 70.0. The summed E-state index contributed by atoms with van der Waals surface area (Å²) in [5.74, 6) is -45.4. The number of azide groups is 4. The second-order valence-electron chi connectivity index (χ2n) is 25.8. The maximum absolute atomic E-state index is 14.2. The third-order valence-corrected chi connectivity index (χ3v) is 16.7. The van der Waals surface area contributed by atoms with Crippen molar-refractivity contribution in [3.63, 3.8) is 0 Å². The van der Waals surface area contributed by atoms with Gasteiger partial charge in [-0.2, -0.15) is 0 Å². The molecule has 3 aromatic rings. The summed E-state index contributed by atoms with van der Waals surface area (Å²) in [5.41, 5.74) is 34.1. The third-order valence-electron chi connectivity index (χ3n) is 16.7. The zero-order valence-corrected chi connectivity index (χ0v) is 68.8. The number of benzene rings is 3. The van der Waals surface area contributed by atoms with Crippen molar-refractivity contribution in [2.24, 2.45) is 43.9 Å². The van der Waals surface area contributed by atoms with Crippen LogP contribution in [0.15, 0.2) is 20.5 Å². The molecule has 6 N–H and O–H groups in total. The van der Waals surface area contributed by atoms with Crippen molar-refractivity contribution in [2.45, 2.75) is 84.1 Å². The van der Waals surface area contributed by atoms with Crippen molar-refractivity contribution in [1.82, 2.24) is 21.3 Å². The Morgan fingerprint density at radius 1 is 0.302 bits per heavy atom. The maximum Gasteiger partial charge on any atom is 0.245 e. The molecule has 0 aliphatic carbocycles. The molecule has 3 unspecified atom stereocenters. The lowest BCUT2D eigenvalue weighted by atomic mass is 9.87. The minimum Gasteiger partial charge on any atom is -0.379 e. The van der Waals surface area contributed by atoms with Crippen molar-refractivity contribution in [1.29, 1.82) is 0 Å². The molecule has 52 heteroatoms. The van der Waals surface area contributed by atoms with Crippen LogP contribution in [0.2, 0.25) is 0 Å². The summed E-state index contributed by atoms with van der Waals surface area (Å²) in [7, 11) is 0. The largest absolute Gasteiger partial charge is 0.379 e. The highest BCUT2D eigenvalue weighted by Gasteiger charge is 2.35. The van der Waals surface area contributed by atoms with E-state index >= 15 is 0 Å². The number of rotatable bonds is 70. The molecule has 3 rings (SSSR count). The Bertz CT molecular complexity index is 3900. The topological polar surface area (TPSA) is 517 Å². The van der Waals surface area contributed by atoms with Crippen LogP contribution in [0.3, 0.4) is 0 Å². The van der Waals surface area contributed by atoms with E-state index in [1.165, 1.54) is 0 Å². The highest BCUT2D eigenvalue weighted by atomic mass is 19.2. The highest BCUT2D eigenvalue weighted by molar-refractivity contribution is 6.04. The van der Waals surface area contributed by atoms with Gasteiger partial charge in [-0.1, -0.05) is 26.9 Å². The van der Waals surface area contributed by atoms with Crippen LogP contribution in [0.4, 0.5) is 65.9 Å². The minimum absolute atomic E-state index is 0.0501. The predicted octanol–water partition coefficient (Wildman–Crippen LogP) is 8.90. The highest BCUT2D eigenvalue weighted by Crippen LogP contribution is 2.29. The number of halogens is 15. The average molecular weight is 1830 g/mol. The second-order valence-corrected chi connectivity index (χ2v) is 25.8. The van der Waals surface area contributed by atoms with Gasteiger partial charge in [0.05, 0.1) is 163 Å². The Morgan fingerprint density at radius 2 is 0.540 bits per heavy atom. The van der Waals surface area contributed by atoms with Crippen molar-refractivity contribution >= 4 is 46.8 Å². The summed E-state index contributed by atoms with van der Waals surface area (Å²) < 4.78 is 266. The number of amides is 4. The van der Waals surface area contributed by atoms with E-state index in [4.69, 9.17) is 84.7 Å². The van der Waals surface area contributed by atoms with Crippen LogP contribution in [0, 0.1) is 105 Å². The van der Waals surface area contributed by atoms with Crippen molar-refractivity contribution in [3.05, 3.63) is 146 Å². The molecule has 706 valence electrons. The summed E-state index contributed by atoms with van der Waals surface area (Å²) >= 11 is 0. The smallest absolute Gasteiger partial charge is 0.245 e. The van der Waals surface area contributed by atoms with Gasteiger partial charge in [-0.05, 0) is 68.1 Å². The van der Waals surface area contributed by atoms with Crippen LogP contribution in [-0.4, -0.2) is 264 Å². The van der Waals surface area contributed by atoms with E-state index in [0.717, 1.165) is 13.8 Å². The molecule has 0 saturated carbocycles. The lowest BCUT2D eigenvalue weighted by molar-refractivity contribution is -0.135. The quantitative estimate of drug-likeness (QED) is 0.00514. The lowest BCUT2D eigenvalue weighted by Gasteiger charge is -2.19. The molecule has 4 amide bonds. The van der Waals surface area contributed by atoms with E-state index in [0.29, 0.717) is 124 Å². The molecular weight excluding hydrogens is 1730 g/mol. The first-order valence-corrected chi connectivity index (χ1v) is 38.8. The van der Waals surface area contributed by atoms with Gasteiger partial charge >= 0.3 is 0 Å². The minimum atomic E-state index is -2.48. The summed E-state index contributed by atoms with van der Waals surface area (Å²) in [5, 5.41) is 24.1. The SMILES string of the molecule is CC(C(=O)Cc1c(F)c(F)c(F)c(F)c1F)C(=O)CC(CCCCNC(=O)COCCOCCOCCN=[N+]=[N-])C(=O)NCCOCCOCCOCCN=[N+]=[N-].CC(C(=O)Cc1c(F)c(F)c(F)c(F)c1F)C(=O)Cc1c(F)c(F)c(F)c(F)c1F.[N-]=[N+]=NCCOCCOCCOCCNC(=O)C(N)CCCCNC(=O)COCCOCCOCCN=[N+]=[N-]. The Hall–Kier alpha value is -10.1. The molecule has 126 heavy (non-hydrogen) atoms. The number of carbonyl (C=O) groups excluding carboxylic acids is 8. The van der Waals surface area contributed by atoms with Gasteiger partial charge in [0.25, 0.3) is 0 Å². The van der Waals surface area contributed by atoms with Crippen molar-refractivity contribution in [3.8, 4) is 0 Å². The fourth-order valence-electron chi connectivity index (χ4n) is 9.86. The molecule has 3 atom stereocenters. The van der Waals surface area contributed by atoms with Crippen LogP contribution in [-0.2, 0) is 114 Å². The first-order chi connectivity index (χ1) is 60.4. The first kappa shape index (κ1) is 114. The van der Waals surface area contributed by atoms with Gasteiger partial charge in [-0.3, -0.25) is 38.4 Å². The third kappa shape index (κ3) is 48.0. The average Bonchev–Trinajstić information content (AvgIpc) is 0.801. The number of carbonyl (C=O) groups is 8. The van der Waals surface area contributed by atoms with Gasteiger partial charge in [0, 0.05) is 120 Å². The Morgan fingerprint density at radius 3 is 0.825 bits per heavy atom. The molecule has 0 spiro atoms. The van der Waals surface area contributed by atoms with Crippen LogP contribution < -0.4 is 27.0 Å². The van der Waals surface area contributed by atoms with E-state index in [1.54, 1.807) is 0 Å². The van der Waals surface area contributed by atoms with E-state index in [-0.39, 0.29) is 137 Å². The van der Waals surface area contributed by atoms with Gasteiger partial charge in [0.2, 0.25) is 41.1 Å². The van der Waals surface area contributed by atoms with Gasteiger partial charge in [-0.15, -0.1) is 0 Å². The molecular formula is C74H100F15N17O20. The summed E-state index contributed by atoms with van der Waals surface area (Å²) in [6.07, 6.45) is -1.88. The fraction of sp³-hybridized carbons (Fsp3) is 0.649. The normalized spacial score (nSPS) is 11.6. The first-order valence-electron chi connectivity index (χ1n) is 38.8. The van der Waals surface area contributed by atoms with Crippen molar-refractivity contribution in [2.75, 3.05) is 211 Å². The lowest BCUT2D eigenvalue weighted by Crippen LogP contribution is -2.41. The van der Waals surface area contributed by atoms with Crippen LogP contribution in [0.5, 0.6) is 0 Å². The van der Waals surface area contributed by atoms with Gasteiger partial charge in [0.1, 0.15) is 36.3 Å². The molecule has 0 aliphatic rings. The molecule has 0 fully saturated rings.